The molecule has 2 aromatic rings. The predicted octanol–water partition coefficient (Wildman–Crippen LogP) is 3.56. The molecule has 4 heteroatoms. The second-order valence-corrected chi connectivity index (χ2v) is 6.33. The van der Waals surface area contributed by atoms with Gasteiger partial charge in [0.1, 0.15) is 5.75 Å². The number of likely N-dealkylation sites (tertiary alicyclic amines) is 1. The van der Waals surface area contributed by atoms with Crippen LogP contribution in [0.2, 0.25) is 0 Å². The van der Waals surface area contributed by atoms with Gasteiger partial charge in [0.2, 0.25) is 0 Å². The Balaban J connectivity index is 1.53. The van der Waals surface area contributed by atoms with E-state index in [1.54, 1.807) is 12.1 Å². The van der Waals surface area contributed by atoms with Gasteiger partial charge in [-0.3, -0.25) is 4.90 Å². The van der Waals surface area contributed by atoms with Gasteiger partial charge in [-0.1, -0.05) is 24.3 Å². The van der Waals surface area contributed by atoms with Gasteiger partial charge in [-0.05, 0) is 67.2 Å². The monoisotopic (exact) mass is 325 g/mol. The number of nitrogens with zero attached hydrogens (tertiary/aromatic N) is 1. The summed E-state index contributed by atoms with van der Waals surface area (Å²) in [6.45, 7) is 3.03. The second kappa shape index (κ2) is 7.49. The molecule has 0 saturated carbocycles. The topological polar surface area (TPSA) is 49.8 Å². The molecule has 0 aliphatic carbocycles. The van der Waals surface area contributed by atoms with Crippen LogP contribution in [0, 0.1) is 0 Å². The Morgan fingerprint density at radius 1 is 1.08 bits per heavy atom. The zero-order valence-electron chi connectivity index (χ0n) is 13.9. The molecule has 1 aliphatic heterocycles. The summed E-state index contributed by atoms with van der Waals surface area (Å²) in [7, 11) is 1.40. The van der Waals surface area contributed by atoms with E-state index in [1.165, 1.54) is 18.2 Å². The third-order valence-electron chi connectivity index (χ3n) is 4.73. The summed E-state index contributed by atoms with van der Waals surface area (Å²) >= 11 is 0. The van der Waals surface area contributed by atoms with Crippen molar-refractivity contribution in [3.05, 3.63) is 65.2 Å². The van der Waals surface area contributed by atoms with E-state index in [4.69, 9.17) is 4.74 Å². The number of piperidine rings is 1. The van der Waals surface area contributed by atoms with Gasteiger partial charge in [0, 0.05) is 6.54 Å². The average Bonchev–Trinajstić information content (AvgIpc) is 2.63. The molecule has 0 unspecified atom stereocenters. The first-order valence-corrected chi connectivity index (χ1v) is 8.34. The van der Waals surface area contributed by atoms with Crippen LogP contribution in [0.3, 0.4) is 0 Å². The van der Waals surface area contributed by atoms with E-state index >= 15 is 0 Å². The molecular weight excluding hydrogens is 302 g/mol. The minimum Gasteiger partial charge on any atom is -0.508 e. The molecule has 0 bridgehead atoms. The molecule has 1 saturated heterocycles. The van der Waals surface area contributed by atoms with Crippen LogP contribution in [0.5, 0.6) is 5.75 Å². The summed E-state index contributed by atoms with van der Waals surface area (Å²) in [5, 5.41) is 9.39. The van der Waals surface area contributed by atoms with Crippen LogP contribution in [0.1, 0.15) is 40.2 Å². The van der Waals surface area contributed by atoms with Crippen molar-refractivity contribution in [1.82, 2.24) is 4.90 Å². The maximum Gasteiger partial charge on any atom is 0.337 e. The highest BCUT2D eigenvalue weighted by Crippen LogP contribution is 2.29. The van der Waals surface area contributed by atoms with Gasteiger partial charge in [-0.2, -0.15) is 0 Å². The number of benzene rings is 2. The molecular formula is C20H23NO3. The molecule has 3 rings (SSSR count). The minimum atomic E-state index is -0.295. The van der Waals surface area contributed by atoms with E-state index in [9.17, 15) is 9.90 Å². The van der Waals surface area contributed by atoms with Gasteiger partial charge in [0.25, 0.3) is 0 Å². The third kappa shape index (κ3) is 3.95. The number of esters is 1. The highest BCUT2D eigenvalue weighted by Gasteiger charge is 2.20. The molecule has 0 spiro atoms. The maximum atomic E-state index is 11.5. The predicted molar refractivity (Wildman–Crippen MR) is 93.1 cm³/mol. The zero-order chi connectivity index (χ0) is 16.9. The van der Waals surface area contributed by atoms with Crippen molar-refractivity contribution in [3.8, 4) is 5.75 Å². The van der Waals surface area contributed by atoms with Crippen LogP contribution in [0.15, 0.2) is 48.5 Å². The number of carbonyl (C=O) groups excluding carboxylic acids is 1. The van der Waals surface area contributed by atoms with Crippen molar-refractivity contribution in [3.63, 3.8) is 0 Å². The van der Waals surface area contributed by atoms with Crippen molar-refractivity contribution in [2.45, 2.75) is 25.3 Å². The highest BCUT2D eigenvalue weighted by molar-refractivity contribution is 5.89. The lowest BCUT2D eigenvalue weighted by atomic mass is 9.89. The number of ether oxygens (including phenoxy) is 1. The Morgan fingerprint density at radius 3 is 2.29 bits per heavy atom. The van der Waals surface area contributed by atoms with Crippen LogP contribution in [-0.4, -0.2) is 36.2 Å². The van der Waals surface area contributed by atoms with E-state index in [1.807, 2.05) is 36.4 Å². The lowest BCUT2D eigenvalue weighted by Gasteiger charge is -2.32. The van der Waals surface area contributed by atoms with Crippen LogP contribution in [-0.2, 0) is 11.3 Å². The van der Waals surface area contributed by atoms with E-state index in [0.717, 1.165) is 32.5 Å². The van der Waals surface area contributed by atoms with E-state index in [0.29, 0.717) is 17.2 Å². The molecule has 1 N–H and O–H groups in total. The first-order chi connectivity index (χ1) is 11.7. The summed E-state index contributed by atoms with van der Waals surface area (Å²) in [6.07, 6.45) is 2.26. The zero-order valence-corrected chi connectivity index (χ0v) is 13.9. The Kier molecular flexibility index (Phi) is 5.16. The largest absolute Gasteiger partial charge is 0.508 e. The molecule has 1 fully saturated rings. The van der Waals surface area contributed by atoms with Crippen LogP contribution < -0.4 is 0 Å². The van der Waals surface area contributed by atoms with E-state index in [2.05, 4.69) is 4.90 Å². The van der Waals surface area contributed by atoms with Gasteiger partial charge in [-0.15, -0.1) is 0 Å². The molecule has 2 aromatic carbocycles. The van der Waals surface area contributed by atoms with Crippen molar-refractivity contribution < 1.29 is 14.6 Å². The highest BCUT2D eigenvalue weighted by atomic mass is 16.5. The smallest absolute Gasteiger partial charge is 0.337 e. The second-order valence-electron chi connectivity index (χ2n) is 6.33. The van der Waals surface area contributed by atoms with Crippen molar-refractivity contribution in [1.29, 1.82) is 0 Å². The van der Waals surface area contributed by atoms with Crippen LogP contribution in [0.25, 0.3) is 0 Å². The fraction of sp³-hybridized carbons (Fsp3) is 0.350. The van der Waals surface area contributed by atoms with Crippen molar-refractivity contribution in [2.75, 3.05) is 20.2 Å². The Morgan fingerprint density at radius 2 is 1.71 bits per heavy atom. The van der Waals surface area contributed by atoms with Gasteiger partial charge in [-0.25, -0.2) is 4.79 Å². The third-order valence-corrected chi connectivity index (χ3v) is 4.73. The first kappa shape index (κ1) is 16.5. The van der Waals surface area contributed by atoms with Crippen LogP contribution >= 0.6 is 0 Å². The van der Waals surface area contributed by atoms with Gasteiger partial charge < -0.3 is 9.84 Å². The van der Waals surface area contributed by atoms with Crippen LogP contribution in [0.4, 0.5) is 0 Å². The van der Waals surface area contributed by atoms with Gasteiger partial charge >= 0.3 is 5.97 Å². The van der Waals surface area contributed by atoms with Gasteiger partial charge in [0.05, 0.1) is 12.7 Å². The van der Waals surface area contributed by atoms with Crippen molar-refractivity contribution >= 4 is 5.97 Å². The summed E-state index contributed by atoms with van der Waals surface area (Å²) in [6, 6.07) is 15.2. The SMILES string of the molecule is COC(=O)c1ccc(CN2CCC(c3ccc(O)cc3)CC2)cc1. The molecule has 1 heterocycles. The molecule has 24 heavy (non-hydrogen) atoms. The van der Waals surface area contributed by atoms with E-state index in [-0.39, 0.29) is 5.97 Å². The Hall–Kier alpha value is -2.33. The summed E-state index contributed by atoms with van der Waals surface area (Å²) < 4.78 is 4.72. The molecule has 0 radical (unpaired) electrons. The number of hydrogen-bond acceptors (Lipinski definition) is 4. The van der Waals surface area contributed by atoms with Gasteiger partial charge in [0.15, 0.2) is 0 Å². The molecule has 0 aromatic heterocycles. The normalized spacial score (nSPS) is 16.0. The number of phenolic OH excluding ortho intramolecular Hbond substituents is 1. The molecule has 0 atom stereocenters. The molecule has 0 amide bonds. The fourth-order valence-electron chi connectivity index (χ4n) is 3.29. The average molecular weight is 325 g/mol. The molecule has 126 valence electrons. The molecule has 1 aliphatic rings. The minimum absolute atomic E-state index is 0.295. The Labute approximate surface area is 142 Å². The number of rotatable bonds is 4. The summed E-state index contributed by atoms with van der Waals surface area (Å²) in [4.78, 5) is 13.9. The standard InChI is InChI=1S/C20H23NO3/c1-24-20(23)18-4-2-15(3-5-18)14-21-12-10-17(11-13-21)16-6-8-19(22)9-7-16/h2-9,17,22H,10-14H2,1H3. The lowest BCUT2D eigenvalue weighted by molar-refractivity contribution is 0.0600. The van der Waals surface area contributed by atoms with Crippen molar-refractivity contribution in [2.24, 2.45) is 0 Å². The number of hydrogen-bond donors (Lipinski definition) is 1. The number of methoxy groups -OCH3 is 1. The Bertz CT molecular complexity index is 671. The van der Waals surface area contributed by atoms with E-state index < -0.39 is 0 Å². The number of carbonyl (C=O) groups is 1. The summed E-state index contributed by atoms with van der Waals surface area (Å²) in [5.74, 6) is 0.603. The summed E-state index contributed by atoms with van der Waals surface area (Å²) in [5.41, 5.74) is 3.12. The fourth-order valence-corrected chi connectivity index (χ4v) is 3.29. The first-order valence-electron chi connectivity index (χ1n) is 8.34. The number of phenols is 1. The quantitative estimate of drug-likeness (QED) is 0.873. The molecule has 4 nitrogen and oxygen atoms in total. The number of aromatic hydroxyl groups is 1. The maximum absolute atomic E-state index is 11.5. The lowest BCUT2D eigenvalue weighted by Crippen LogP contribution is -2.32.